The topological polar surface area (TPSA) is 91.4 Å². The smallest absolute Gasteiger partial charge is 0.255 e. The highest BCUT2D eigenvalue weighted by molar-refractivity contribution is 7.89. The summed E-state index contributed by atoms with van der Waals surface area (Å²) in [6.45, 7) is 2.17. The molecular weight excluding hydrogens is 412 g/mol. The number of nitrogens with one attached hydrogen (secondary N) is 2. The van der Waals surface area contributed by atoms with Crippen molar-refractivity contribution in [3.8, 4) is 0 Å². The Labute approximate surface area is 182 Å². The van der Waals surface area contributed by atoms with E-state index in [2.05, 4.69) is 19.9 Å². The summed E-state index contributed by atoms with van der Waals surface area (Å²) in [6.07, 6.45) is 3.95. The molecule has 2 aromatic carbocycles. The van der Waals surface area contributed by atoms with Crippen LogP contribution in [-0.2, 0) is 16.6 Å². The Balaban J connectivity index is 1.42. The number of aromatic nitrogens is 1. The number of sulfonamides is 1. The van der Waals surface area contributed by atoms with E-state index in [1.54, 1.807) is 24.4 Å². The zero-order chi connectivity index (χ0) is 21.7. The molecule has 3 aromatic rings. The summed E-state index contributed by atoms with van der Waals surface area (Å²) < 4.78 is 27.9. The molecule has 7 nitrogen and oxygen atoms in total. The first kappa shape index (κ1) is 21.0. The number of anilines is 2. The zero-order valence-corrected chi connectivity index (χ0v) is 17.8. The number of carbonyl (C=O) groups is 1. The van der Waals surface area contributed by atoms with Gasteiger partial charge in [0.1, 0.15) is 5.82 Å². The molecule has 0 aliphatic carbocycles. The summed E-state index contributed by atoms with van der Waals surface area (Å²) in [4.78, 5) is 19.3. The van der Waals surface area contributed by atoms with Crippen LogP contribution in [0.4, 0.5) is 11.5 Å². The third-order valence-corrected chi connectivity index (χ3v) is 6.55. The second kappa shape index (κ2) is 9.28. The summed E-state index contributed by atoms with van der Waals surface area (Å²) in [5.74, 6) is 0.504. The Morgan fingerprint density at radius 2 is 1.74 bits per heavy atom. The number of carbonyl (C=O) groups excluding carboxylic acids is 1. The summed E-state index contributed by atoms with van der Waals surface area (Å²) in [7, 11) is -3.75. The van der Waals surface area contributed by atoms with Crippen molar-refractivity contribution in [3.63, 3.8) is 0 Å². The molecule has 1 aliphatic rings. The summed E-state index contributed by atoms with van der Waals surface area (Å²) in [6, 6.07) is 18.9. The van der Waals surface area contributed by atoms with Crippen LogP contribution in [0.5, 0.6) is 0 Å². The second-order valence-corrected chi connectivity index (χ2v) is 9.16. The van der Waals surface area contributed by atoms with Gasteiger partial charge in [-0.1, -0.05) is 36.4 Å². The van der Waals surface area contributed by atoms with Crippen LogP contribution in [0.2, 0.25) is 0 Å². The van der Waals surface area contributed by atoms with Crippen molar-refractivity contribution < 1.29 is 13.2 Å². The van der Waals surface area contributed by atoms with Crippen LogP contribution >= 0.6 is 0 Å². The van der Waals surface area contributed by atoms with Crippen LogP contribution in [0.3, 0.4) is 0 Å². The first-order valence-electron chi connectivity index (χ1n) is 10.2. The van der Waals surface area contributed by atoms with Gasteiger partial charge in [0.05, 0.1) is 16.8 Å². The minimum Gasteiger partial charge on any atom is -0.357 e. The van der Waals surface area contributed by atoms with Crippen molar-refractivity contribution in [2.45, 2.75) is 24.3 Å². The molecule has 2 N–H and O–H groups in total. The van der Waals surface area contributed by atoms with E-state index < -0.39 is 15.9 Å². The van der Waals surface area contributed by atoms with E-state index in [1.165, 1.54) is 25.0 Å². The van der Waals surface area contributed by atoms with Crippen LogP contribution in [-0.4, -0.2) is 32.4 Å². The summed E-state index contributed by atoms with van der Waals surface area (Å²) >= 11 is 0. The lowest BCUT2D eigenvalue weighted by molar-refractivity contribution is 0.102. The van der Waals surface area contributed by atoms with Crippen LogP contribution < -0.4 is 14.9 Å². The Morgan fingerprint density at radius 3 is 2.45 bits per heavy atom. The molecule has 2 heterocycles. The number of rotatable bonds is 7. The lowest BCUT2D eigenvalue weighted by Crippen LogP contribution is -2.23. The van der Waals surface area contributed by atoms with Crippen molar-refractivity contribution in [2.75, 3.05) is 23.3 Å². The van der Waals surface area contributed by atoms with Gasteiger partial charge in [0, 0.05) is 25.2 Å². The first-order chi connectivity index (χ1) is 15.0. The number of amides is 1. The van der Waals surface area contributed by atoms with E-state index >= 15 is 0 Å². The van der Waals surface area contributed by atoms with Gasteiger partial charge in [-0.2, -0.15) is 0 Å². The lowest BCUT2D eigenvalue weighted by Gasteiger charge is -2.16. The van der Waals surface area contributed by atoms with Crippen molar-refractivity contribution in [1.29, 1.82) is 0 Å². The van der Waals surface area contributed by atoms with Gasteiger partial charge in [-0.05, 0) is 48.7 Å². The molecule has 0 radical (unpaired) electrons. The van der Waals surface area contributed by atoms with Gasteiger partial charge in [-0.15, -0.1) is 0 Å². The van der Waals surface area contributed by atoms with Crippen molar-refractivity contribution in [2.24, 2.45) is 0 Å². The standard InChI is InChI=1S/C23H24N4O3S/c28-23(26-20-11-12-22(24-17-20)27-13-4-5-14-27)19-9-6-10-21(15-19)31(29,30)25-16-18-7-2-1-3-8-18/h1-3,6-12,15,17,25H,4-5,13-14,16H2,(H,26,28). The normalized spacial score (nSPS) is 13.9. The van der Waals surface area contributed by atoms with Gasteiger partial charge in [0.2, 0.25) is 10.0 Å². The third-order valence-electron chi connectivity index (χ3n) is 5.15. The molecule has 4 rings (SSSR count). The highest BCUT2D eigenvalue weighted by atomic mass is 32.2. The molecular formula is C23H24N4O3S. The Kier molecular flexibility index (Phi) is 6.29. The lowest BCUT2D eigenvalue weighted by atomic mass is 10.2. The van der Waals surface area contributed by atoms with Crippen molar-refractivity contribution >= 4 is 27.4 Å². The van der Waals surface area contributed by atoms with E-state index in [-0.39, 0.29) is 17.0 Å². The molecule has 0 atom stereocenters. The molecule has 0 bridgehead atoms. The second-order valence-electron chi connectivity index (χ2n) is 7.39. The summed E-state index contributed by atoms with van der Waals surface area (Å²) in [5, 5.41) is 2.78. The van der Waals surface area contributed by atoms with E-state index in [0.717, 1.165) is 24.5 Å². The maximum atomic E-state index is 12.6. The predicted octanol–water partition coefficient (Wildman–Crippen LogP) is 3.41. The first-order valence-corrected chi connectivity index (χ1v) is 11.7. The van der Waals surface area contributed by atoms with Gasteiger partial charge in [-0.25, -0.2) is 18.1 Å². The van der Waals surface area contributed by atoms with Crippen molar-refractivity contribution in [3.05, 3.63) is 84.1 Å². The molecule has 1 aliphatic heterocycles. The minimum absolute atomic E-state index is 0.0404. The van der Waals surface area contributed by atoms with Gasteiger partial charge in [0.15, 0.2) is 0 Å². The quantitative estimate of drug-likeness (QED) is 0.592. The SMILES string of the molecule is O=C(Nc1ccc(N2CCCC2)nc1)c1cccc(S(=O)(=O)NCc2ccccc2)c1. The average molecular weight is 437 g/mol. The Morgan fingerprint density at radius 1 is 0.968 bits per heavy atom. The van der Waals surface area contributed by atoms with E-state index in [9.17, 15) is 13.2 Å². The largest absolute Gasteiger partial charge is 0.357 e. The van der Waals surface area contributed by atoms with Gasteiger partial charge >= 0.3 is 0 Å². The number of hydrogen-bond acceptors (Lipinski definition) is 5. The van der Waals surface area contributed by atoms with E-state index in [1.807, 2.05) is 36.4 Å². The molecule has 0 spiro atoms. The molecule has 31 heavy (non-hydrogen) atoms. The highest BCUT2D eigenvalue weighted by Crippen LogP contribution is 2.20. The molecule has 1 aromatic heterocycles. The van der Waals surface area contributed by atoms with Gasteiger partial charge in [0.25, 0.3) is 5.91 Å². The highest BCUT2D eigenvalue weighted by Gasteiger charge is 2.17. The predicted molar refractivity (Wildman–Crippen MR) is 121 cm³/mol. The molecule has 1 amide bonds. The molecule has 1 fully saturated rings. The Bertz CT molecular complexity index is 1140. The zero-order valence-electron chi connectivity index (χ0n) is 17.0. The summed E-state index contributed by atoms with van der Waals surface area (Å²) in [5.41, 5.74) is 1.67. The van der Waals surface area contributed by atoms with Gasteiger partial charge < -0.3 is 10.2 Å². The molecule has 8 heteroatoms. The van der Waals surface area contributed by atoms with Gasteiger partial charge in [-0.3, -0.25) is 4.79 Å². The fourth-order valence-electron chi connectivity index (χ4n) is 3.46. The monoisotopic (exact) mass is 436 g/mol. The molecule has 1 saturated heterocycles. The maximum absolute atomic E-state index is 12.6. The molecule has 160 valence electrons. The van der Waals surface area contributed by atoms with Crippen LogP contribution in [0.25, 0.3) is 0 Å². The number of benzene rings is 2. The van der Waals surface area contributed by atoms with E-state index in [0.29, 0.717) is 5.69 Å². The minimum atomic E-state index is -3.75. The fourth-order valence-corrected chi connectivity index (χ4v) is 4.52. The Hall–Kier alpha value is -3.23. The molecule has 0 unspecified atom stereocenters. The average Bonchev–Trinajstić information content (AvgIpc) is 3.34. The number of nitrogens with zero attached hydrogens (tertiary/aromatic N) is 2. The van der Waals surface area contributed by atoms with Crippen molar-refractivity contribution in [1.82, 2.24) is 9.71 Å². The fraction of sp³-hybridized carbons (Fsp3) is 0.217. The number of pyridine rings is 1. The van der Waals surface area contributed by atoms with E-state index in [4.69, 9.17) is 0 Å². The van der Waals surface area contributed by atoms with Crippen LogP contribution in [0.15, 0.2) is 77.8 Å². The van der Waals surface area contributed by atoms with Crippen LogP contribution in [0.1, 0.15) is 28.8 Å². The van der Waals surface area contributed by atoms with Crippen LogP contribution in [0, 0.1) is 0 Å². The maximum Gasteiger partial charge on any atom is 0.255 e. The molecule has 0 saturated carbocycles. The third kappa shape index (κ3) is 5.28. The number of hydrogen-bond donors (Lipinski definition) is 2.